The van der Waals surface area contributed by atoms with Gasteiger partial charge in [0.05, 0.1) is 12.6 Å². The molecule has 1 unspecified atom stereocenters. The van der Waals surface area contributed by atoms with Gasteiger partial charge in [0.25, 0.3) is 0 Å². The van der Waals surface area contributed by atoms with Gasteiger partial charge in [-0.05, 0) is 44.2 Å². The Kier molecular flexibility index (Phi) is 4.09. The summed E-state index contributed by atoms with van der Waals surface area (Å²) in [6.45, 7) is 7.78. The van der Waals surface area contributed by atoms with Gasteiger partial charge in [0.2, 0.25) is 0 Å². The van der Waals surface area contributed by atoms with Crippen LogP contribution in [0.5, 0.6) is 5.75 Å². The Morgan fingerprint density at radius 3 is 2.71 bits per heavy atom. The first kappa shape index (κ1) is 14.7. The second-order valence-corrected chi connectivity index (χ2v) is 6.36. The Morgan fingerprint density at radius 2 is 2.05 bits per heavy atom. The van der Waals surface area contributed by atoms with Gasteiger partial charge in [0.1, 0.15) is 17.3 Å². The summed E-state index contributed by atoms with van der Waals surface area (Å²) in [7, 11) is 0. The van der Waals surface area contributed by atoms with Crippen molar-refractivity contribution < 1.29 is 9.15 Å². The third kappa shape index (κ3) is 2.74. The summed E-state index contributed by atoms with van der Waals surface area (Å²) < 4.78 is 12.7. The number of halogens is 1. The van der Waals surface area contributed by atoms with Crippen LogP contribution in [0.15, 0.2) is 27.1 Å². The van der Waals surface area contributed by atoms with E-state index < -0.39 is 0 Å². The van der Waals surface area contributed by atoms with Crippen molar-refractivity contribution >= 4 is 15.9 Å². The van der Waals surface area contributed by atoms with E-state index in [0.29, 0.717) is 0 Å². The quantitative estimate of drug-likeness (QED) is 0.893. The molecule has 0 bridgehead atoms. The summed E-state index contributed by atoms with van der Waals surface area (Å²) >= 11 is 3.62. The number of rotatable bonds is 4. The van der Waals surface area contributed by atoms with E-state index >= 15 is 0 Å². The molecule has 2 aromatic rings. The minimum absolute atomic E-state index is 0.0943. The van der Waals surface area contributed by atoms with Crippen LogP contribution < -0.4 is 10.1 Å². The van der Waals surface area contributed by atoms with Gasteiger partial charge in [0.15, 0.2) is 0 Å². The number of furan rings is 1. The normalized spacial score (nSPS) is 14.9. The summed E-state index contributed by atoms with van der Waals surface area (Å²) in [6, 6.07) is 6.52. The molecule has 2 heterocycles. The molecule has 1 aromatic carbocycles. The Bertz CT molecular complexity index is 663. The first-order valence-corrected chi connectivity index (χ1v) is 8.15. The molecule has 0 fully saturated rings. The molecular formula is C17H20BrNO2. The summed E-state index contributed by atoms with van der Waals surface area (Å²) in [5.41, 5.74) is 3.65. The third-order valence-corrected chi connectivity index (χ3v) is 4.34. The van der Waals surface area contributed by atoms with Gasteiger partial charge in [-0.2, -0.15) is 0 Å². The highest BCUT2D eigenvalue weighted by atomic mass is 79.9. The first-order valence-electron chi connectivity index (χ1n) is 7.35. The summed E-state index contributed by atoms with van der Waals surface area (Å²) in [6.07, 6.45) is 0.976. The molecule has 0 aliphatic carbocycles. The van der Waals surface area contributed by atoms with Crippen molar-refractivity contribution in [2.24, 2.45) is 0 Å². The maximum absolute atomic E-state index is 5.89. The van der Waals surface area contributed by atoms with Gasteiger partial charge in [-0.3, -0.25) is 0 Å². The maximum Gasteiger partial charge on any atom is 0.127 e. The van der Waals surface area contributed by atoms with Gasteiger partial charge in [-0.15, -0.1) is 0 Å². The second kappa shape index (κ2) is 5.85. The topological polar surface area (TPSA) is 34.4 Å². The highest BCUT2D eigenvalue weighted by molar-refractivity contribution is 9.10. The van der Waals surface area contributed by atoms with E-state index in [9.17, 15) is 0 Å². The number of hydrogen-bond acceptors (Lipinski definition) is 3. The standard InChI is InChI=1S/C17H20BrNO2/c1-4-19-16(14-7-10(2)21-11(14)3)15-9-13(18)8-12-5-6-20-17(12)15/h7-9,16,19H,4-6H2,1-3H3. The van der Waals surface area contributed by atoms with E-state index in [-0.39, 0.29) is 6.04 Å². The first-order chi connectivity index (χ1) is 10.1. The Balaban J connectivity index is 2.12. The van der Waals surface area contributed by atoms with E-state index in [1.807, 2.05) is 13.8 Å². The highest BCUT2D eigenvalue weighted by Gasteiger charge is 2.26. The average molecular weight is 350 g/mol. The minimum Gasteiger partial charge on any atom is -0.493 e. The van der Waals surface area contributed by atoms with E-state index in [2.05, 4.69) is 46.4 Å². The van der Waals surface area contributed by atoms with Crippen molar-refractivity contribution in [1.82, 2.24) is 5.32 Å². The smallest absolute Gasteiger partial charge is 0.127 e. The molecule has 0 saturated carbocycles. The molecular weight excluding hydrogens is 330 g/mol. The monoisotopic (exact) mass is 349 g/mol. The van der Waals surface area contributed by atoms with Crippen molar-refractivity contribution in [1.29, 1.82) is 0 Å². The molecule has 4 heteroatoms. The van der Waals surface area contributed by atoms with Crippen LogP contribution in [0.4, 0.5) is 0 Å². The lowest BCUT2D eigenvalue weighted by Crippen LogP contribution is -2.22. The van der Waals surface area contributed by atoms with Crippen LogP contribution in [0.3, 0.4) is 0 Å². The highest BCUT2D eigenvalue weighted by Crippen LogP contribution is 2.39. The van der Waals surface area contributed by atoms with Crippen molar-refractivity contribution in [2.75, 3.05) is 13.2 Å². The lowest BCUT2D eigenvalue weighted by atomic mass is 9.96. The van der Waals surface area contributed by atoms with Crippen LogP contribution in [-0.2, 0) is 6.42 Å². The van der Waals surface area contributed by atoms with Crippen molar-refractivity contribution in [3.05, 3.63) is 50.9 Å². The summed E-state index contributed by atoms with van der Waals surface area (Å²) in [4.78, 5) is 0. The number of ether oxygens (including phenoxy) is 1. The van der Waals surface area contributed by atoms with Gasteiger partial charge in [-0.1, -0.05) is 22.9 Å². The Hall–Kier alpha value is -1.26. The fourth-order valence-corrected chi connectivity index (χ4v) is 3.56. The molecule has 3 nitrogen and oxygen atoms in total. The Morgan fingerprint density at radius 1 is 1.24 bits per heavy atom. The zero-order valence-electron chi connectivity index (χ0n) is 12.6. The zero-order valence-corrected chi connectivity index (χ0v) is 14.2. The van der Waals surface area contributed by atoms with E-state index in [4.69, 9.17) is 9.15 Å². The van der Waals surface area contributed by atoms with Crippen LogP contribution >= 0.6 is 15.9 Å². The lowest BCUT2D eigenvalue weighted by molar-refractivity contribution is 0.350. The second-order valence-electron chi connectivity index (χ2n) is 5.44. The van der Waals surface area contributed by atoms with E-state index in [0.717, 1.165) is 41.3 Å². The molecule has 1 aliphatic heterocycles. The molecule has 1 atom stereocenters. The largest absolute Gasteiger partial charge is 0.493 e. The number of fused-ring (bicyclic) bond motifs is 1. The summed E-state index contributed by atoms with van der Waals surface area (Å²) in [5.74, 6) is 2.94. The number of nitrogens with one attached hydrogen (secondary N) is 1. The van der Waals surface area contributed by atoms with Crippen LogP contribution in [0.1, 0.15) is 41.2 Å². The average Bonchev–Trinajstić information content (AvgIpc) is 3.01. The SMILES string of the molecule is CCNC(c1cc(C)oc1C)c1cc(Br)cc2c1OCC2. The molecule has 21 heavy (non-hydrogen) atoms. The molecule has 0 spiro atoms. The van der Waals surface area contributed by atoms with Gasteiger partial charge < -0.3 is 14.5 Å². The predicted octanol–water partition coefficient (Wildman–Crippen LogP) is 4.29. The molecule has 0 saturated heterocycles. The van der Waals surface area contributed by atoms with Crippen LogP contribution in [0.2, 0.25) is 0 Å². The number of benzene rings is 1. The van der Waals surface area contributed by atoms with E-state index in [1.165, 1.54) is 16.7 Å². The molecule has 0 amide bonds. The zero-order chi connectivity index (χ0) is 15.0. The van der Waals surface area contributed by atoms with Crippen molar-refractivity contribution in [2.45, 2.75) is 33.2 Å². The molecule has 1 aromatic heterocycles. The molecule has 0 radical (unpaired) electrons. The van der Waals surface area contributed by atoms with Gasteiger partial charge >= 0.3 is 0 Å². The number of hydrogen-bond donors (Lipinski definition) is 1. The van der Waals surface area contributed by atoms with Crippen molar-refractivity contribution in [3.63, 3.8) is 0 Å². The fraction of sp³-hybridized carbons (Fsp3) is 0.412. The molecule has 1 aliphatic rings. The number of aryl methyl sites for hydroxylation is 2. The van der Waals surface area contributed by atoms with Crippen LogP contribution in [-0.4, -0.2) is 13.2 Å². The predicted molar refractivity (Wildman–Crippen MR) is 87.0 cm³/mol. The van der Waals surface area contributed by atoms with Gasteiger partial charge in [-0.25, -0.2) is 0 Å². The lowest BCUT2D eigenvalue weighted by Gasteiger charge is -2.21. The van der Waals surface area contributed by atoms with E-state index in [1.54, 1.807) is 0 Å². The fourth-order valence-electron chi connectivity index (χ4n) is 3.04. The third-order valence-electron chi connectivity index (χ3n) is 3.89. The molecule has 3 rings (SSSR count). The minimum atomic E-state index is 0.0943. The Labute approximate surface area is 133 Å². The summed E-state index contributed by atoms with van der Waals surface area (Å²) in [5, 5.41) is 3.57. The molecule has 112 valence electrons. The van der Waals surface area contributed by atoms with Crippen molar-refractivity contribution in [3.8, 4) is 5.75 Å². The van der Waals surface area contributed by atoms with Crippen LogP contribution in [0, 0.1) is 13.8 Å². The molecule has 1 N–H and O–H groups in total. The van der Waals surface area contributed by atoms with Gasteiger partial charge in [0, 0.05) is 22.0 Å². The maximum atomic E-state index is 5.89. The van der Waals surface area contributed by atoms with Crippen LogP contribution in [0.25, 0.3) is 0 Å².